The zero-order valence-corrected chi connectivity index (χ0v) is 16.0. The van der Waals surface area contributed by atoms with E-state index in [1.807, 2.05) is 0 Å². The molecule has 6 nitrogen and oxygen atoms in total. The summed E-state index contributed by atoms with van der Waals surface area (Å²) in [4.78, 5) is 7.69. The van der Waals surface area contributed by atoms with Crippen molar-refractivity contribution >= 4 is 16.9 Å². The van der Waals surface area contributed by atoms with Crippen molar-refractivity contribution in [3.8, 4) is 0 Å². The van der Waals surface area contributed by atoms with Gasteiger partial charge in [-0.15, -0.1) is 0 Å². The van der Waals surface area contributed by atoms with Crippen LogP contribution in [0, 0.1) is 6.92 Å². The van der Waals surface area contributed by atoms with Gasteiger partial charge < -0.3 is 25.1 Å². The zero-order chi connectivity index (χ0) is 18.4. The molecule has 0 spiro atoms. The maximum absolute atomic E-state index is 5.86. The fourth-order valence-electron chi connectivity index (χ4n) is 3.28. The number of nitrogens with zero attached hydrogens (tertiary/aromatic N) is 1. The molecular formula is C20H30N4O2. The van der Waals surface area contributed by atoms with E-state index in [0.717, 1.165) is 32.0 Å². The lowest BCUT2D eigenvalue weighted by Gasteiger charge is -2.19. The number of para-hydroxylation sites is 1. The minimum absolute atomic E-state index is 0.192. The second kappa shape index (κ2) is 9.05. The van der Waals surface area contributed by atoms with Gasteiger partial charge in [0.15, 0.2) is 5.96 Å². The normalized spacial score (nSPS) is 19.0. The van der Waals surface area contributed by atoms with Crippen molar-refractivity contribution in [2.24, 2.45) is 4.99 Å². The molecule has 142 valence electrons. The van der Waals surface area contributed by atoms with Crippen LogP contribution in [0.5, 0.6) is 0 Å². The summed E-state index contributed by atoms with van der Waals surface area (Å²) < 4.78 is 11.2. The zero-order valence-electron chi connectivity index (χ0n) is 16.0. The van der Waals surface area contributed by atoms with E-state index in [0.29, 0.717) is 13.2 Å². The van der Waals surface area contributed by atoms with Gasteiger partial charge in [0.05, 0.1) is 19.3 Å². The van der Waals surface area contributed by atoms with Crippen LogP contribution in [-0.4, -0.2) is 56.5 Å². The molecule has 0 aliphatic carbocycles. The molecule has 1 saturated heterocycles. The van der Waals surface area contributed by atoms with Gasteiger partial charge in [-0.2, -0.15) is 0 Å². The Labute approximate surface area is 155 Å². The first-order valence-electron chi connectivity index (χ1n) is 9.39. The van der Waals surface area contributed by atoms with Crippen LogP contribution >= 0.6 is 0 Å². The highest BCUT2D eigenvalue weighted by Gasteiger charge is 2.17. The van der Waals surface area contributed by atoms with Crippen molar-refractivity contribution in [3.63, 3.8) is 0 Å². The highest BCUT2D eigenvalue weighted by Crippen LogP contribution is 2.21. The van der Waals surface area contributed by atoms with Crippen LogP contribution in [0.2, 0.25) is 0 Å². The Kier molecular flexibility index (Phi) is 6.52. The highest BCUT2D eigenvalue weighted by atomic mass is 16.5. The van der Waals surface area contributed by atoms with Gasteiger partial charge in [0.2, 0.25) is 0 Å². The smallest absolute Gasteiger partial charge is 0.191 e. The fourth-order valence-corrected chi connectivity index (χ4v) is 3.28. The SMILES string of the molecule is CN=C(NCCc1c[nH]c2c(C)cccc12)NC(C)COC1CCOC1. The maximum Gasteiger partial charge on any atom is 0.191 e. The van der Waals surface area contributed by atoms with Gasteiger partial charge in [-0.05, 0) is 37.8 Å². The second-order valence-corrected chi connectivity index (χ2v) is 6.92. The quantitative estimate of drug-likeness (QED) is 0.525. The average Bonchev–Trinajstić information content (AvgIpc) is 3.30. The molecule has 0 saturated carbocycles. The monoisotopic (exact) mass is 358 g/mol. The summed E-state index contributed by atoms with van der Waals surface area (Å²) in [5.74, 6) is 0.805. The number of benzene rings is 1. The van der Waals surface area contributed by atoms with Crippen molar-refractivity contribution in [2.45, 2.75) is 38.8 Å². The number of aromatic nitrogens is 1. The van der Waals surface area contributed by atoms with E-state index >= 15 is 0 Å². The van der Waals surface area contributed by atoms with E-state index in [4.69, 9.17) is 9.47 Å². The van der Waals surface area contributed by atoms with Crippen LogP contribution in [0.1, 0.15) is 24.5 Å². The van der Waals surface area contributed by atoms with Gasteiger partial charge in [0, 0.05) is 43.3 Å². The number of aromatic amines is 1. The number of fused-ring (bicyclic) bond motifs is 1. The van der Waals surface area contributed by atoms with Gasteiger partial charge in [-0.1, -0.05) is 18.2 Å². The van der Waals surface area contributed by atoms with Crippen LogP contribution in [0.4, 0.5) is 0 Å². The summed E-state index contributed by atoms with van der Waals surface area (Å²) in [6, 6.07) is 6.61. The Hall–Kier alpha value is -2.05. The molecule has 6 heteroatoms. The minimum atomic E-state index is 0.192. The number of hydrogen-bond donors (Lipinski definition) is 3. The Morgan fingerprint density at radius 3 is 3.12 bits per heavy atom. The lowest BCUT2D eigenvalue weighted by atomic mass is 10.1. The summed E-state index contributed by atoms with van der Waals surface area (Å²) in [6.07, 6.45) is 4.27. The van der Waals surface area contributed by atoms with Gasteiger partial charge in [-0.3, -0.25) is 4.99 Å². The number of aliphatic imine (C=N–C) groups is 1. The molecule has 2 heterocycles. The summed E-state index contributed by atoms with van der Waals surface area (Å²) in [6.45, 7) is 7.23. The standard InChI is InChI=1S/C20H30N4O2/c1-14-5-4-6-18-16(11-23-19(14)18)7-9-22-20(21-3)24-15(2)12-26-17-8-10-25-13-17/h4-6,11,15,17,23H,7-10,12-13H2,1-3H3,(H2,21,22,24). The maximum atomic E-state index is 5.86. The Balaban J connectivity index is 1.44. The van der Waals surface area contributed by atoms with Gasteiger partial charge in [0.25, 0.3) is 0 Å². The third kappa shape index (κ3) is 4.77. The first-order valence-corrected chi connectivity index (χ1v) is 9.39. The largest absolute Gasteiger partial charge is 0.379 e. The highest BCUT2D eigenvalue weighted by molar-refractivity contribution is 5.86. The van der Waals surface area contributed by atoms with E-state index < -0.39 is 0 Å². The minimum Gasteiger partial charge on any atom is -0.379 e. The van der Waals surface area contributed by atoms with E-state index in [1.165, 1.54) is 22.0 Å². The van der Waals surface area contributed by atoms with Gasteiger partial charge in [0.1, 0.15) is 0 Å². The van der Waals surface area contributed by atoms with E-state index in [2.05, 4.69) is 58.9 Å². The van der Waals surface area contributed by atoms with Crippen molar-refractivity contribution in [3.05, 3.63) is 35.5 Å². The number of aryl methyl sites for hydroxylation is 1. The first kappa shape index (κ1) is 18.7. The molecule has 0 bridgehead atoms. The third-order valence-electron chi connectivity index (χ3n) is 4.77. The molecule has 3 rings (SSSR count). The lowest BCUT2D eigenvalue weighted by molar-refractivity contribution is 0.0347. The number of ether oxygens (including phenoxy) is 2. The summed E-state index contributed by atoms with van der Waals surface area (Å²) in [5.41, 5.74) is 3.83. The molecule has 1 fully saturated rings. The molecule has 2 atom stereocenters. The third-order valence-corrected chi connectivity index (χ3v) is 4.77. The molecule has 0 amide bonds. The number of guanidine groups is 1. The summed E-state index contributed by atoms with van der Waals surface area (Å²) in [5, 5.41) is 8.07. The Bertz CT molecular complexity index is 734. The molecule has 0 radical (unpaired) electrons. The molecule has 1 aromatic carbocycles. The van der Waals surface area contributed by atoms with Gasteiger partial charge >= 0.3 is 0 Å². The van der Waals surface area contributed by atoms with E-state index in [9.17, 15) is 0 Å². The predicted molar refractivity (Wildman–Crippen MR) is 106 cm³/mol. The predicted octanol–water partition coefficient (Wildman–Crippen LogP) is 2.38. The number of nitrogens with one attached hydrogen (secondary N) is 3. The topological polar surface area (TPSA) is 70.7 Å². The first-order chi connectivity index (χ1) is 12.7. The van der Waals surface area contributed by atoms with Crippen molar-refractivity contribution < 1.29 is 9.47 Å². The Morgan fingerprint density at radius 1 is 1.46 bits per heavy atom. The number of H-pyrrole nitrogens is 1. The van der Waals surface area contributed by atoms with Crippen molar-refractivity contribution in [2.75, 3.05) is 33.4 Å². The van der Waals surface area contributed by atoms with Crippen molar-refractivity contribution in [1.82, 2.24) is 15.6 Å². The molecule has 1 aliphatic rings. The summed E-state index contributed by atoms with van der Waals surface area (Å²) >= 11 is 0. The number of rotatable bonds is 7. The molecular weight excluding hydrogens is 328 g/mol. The average molecular weight is 358 g/mol. The molecule has 3 N–H and O–H groups in total. The second-order valence-electron chi connectivity index (χ2n) is 6.92. The summed E-state index contributed by atoms with van der Waals surface area (Å²) in [7, 11) is 1.79. The van der Waals surface area contributed by atoms with Crippen molar-refractivity contribution in [1.29, 1.82) is 0 Å². The van der Waals surface area contributed by atoms with Crippen LogP contribution in [-0.2, 0) is 15.9 Å². The van der Waals surface area contributed by atoms with Crippen LogP contribution < -0.4 is 10.6 Å². The van der Waals surface area contributed by atoms with E-state index in [-0.39, 0.29) is 12.1 Å². The van der Waals surface area contributed by atoms with Gasteiger partial charge in [-0.25, -0.2) is 0 Å². The fraction of sp³-hybridized carbons (Fsp3) is 0.550. The number of hydrogen-bond acceptors (Lipinski definition) is 3. The van der Waals surface area contributed by atoms with E-state index in [1.54, 1.807) is 7.05 Å². The Morgan fingerprint density at radius 2 is 2.35 bits per heavy atom. The lowest BCUT2D eigenvalue weighted by Crippen LogP contribution is -2.45. The molecule has 2 unspecified atom stereocenters. The molecule has 1 aromatic heterocycles. The molecule has 26 heavy (non-hydrogen) atoms. The molecule has 1 aliphatic heterocycles. The van der Waals surface area contributed by atoms with Crippen LogP contribution in [0.15, 0.2) is 29.4 Å². The van der Waals surface area contributed by atoms with Crippen LogP contribution in [0.3, 0.4) is 0 Å². The molecule has 2 aromatic rings. The van der Waals surface area contributed by atoms with Crippen LogP contribution in [0.25, 0.3) is 10.9 Å².